The SMILES string of the molecule is CCC(C(=O)NC1CC(C)(C)CC(C)(C)C1)C(N)=NO. The van der Waals surface area contributed by atoms with E-state index in [0.29, 0.717) is 6.42 Å². The molecule has 4 N–H and O–H groups in total. The average Bonchev–Trinajstić information content (AvgIpc) is 2.24. The van der Waals surface area contributed by atoms with Gasteiger partial charge in [0.05, 0.1) is 5.92 Å². The zero-order valence-electron chi connectivity index (χ0n) is 13.4. The van der Waals surface area contributed by atoms with Crippen LogP contribution in [0.5, 0.6) is 0 Å². The molecular formula is C15H29N3O2. The molecule has 0 heterocycles. The number of amides is 1. The number of nitrogens with one attached hydrogen (secondary N) is 1. The molecule has 0 saturated heterocycles. The van der Waals surface area contributed by atoms with E-state index >= 15 is 0 Å². The lowest BCUT2D eigenvalue weighted by atomic mass is 9.63. The minimum Gasteiger partial charge on any atom is -0.409 e. The van der Waals surface area contributed by atoms with E-state index in [1.165, 1.54) is 0 Å². The highest BCUT2D eigenvalue weighted by Crippen LogP contribution is 2.45. The predicted molar refractivity (Wildman–Crippen MR) is 80.5 cm³/mol. The molecule has 0 aromatic heterocycles. The molecule has 1 unspecified atom stereocenters. The molecule has 116 valence electrons. The third-order valence-corrected chi connectivity index (χ3v) is 4.10. The molecule has 5 nitrogen and oxygen atoms in total. The Morgan fingerprint density at radius 1 is 1.35 bits per heavy atom. The maximum absolute atomic E-state index is 12.3. The van der Waals surface area contributed by atoms with Gasteiger partial charge in [-0.15, -0.1) is 0 Å². The Bertz CT molecular complexity index is 373. The summed E-state index contributed by atoms with van der Waals surface area (Å²) in [5.41, 5.74) is 6.02. The molecule has 20 heavy (non-hydrogen) atoms. The van der Waals surface area contributed by atoms with Gasteiger partial charge >= 0.3 is 0 Å². The van der Waals surface area contributed by atoms with Crippen molar-refractivity contribution in [2.75, 3.05) is 0 Å². The molecule has 0 radical (unpaired) electrons. The van der Waals surface area contributed by atoms with Crippen LogP contribution in [0.1, 0.15) is 60.3 Å². The average molecular weight is 283 g/mol. The summed E-state index contributed by atoms with van der Waals surface area (Å²) in [6, 6.07) is 0.154. The standard InChI is InChI=1S/C15H29N3O2/c1-6-11(12(16)18-20)13(19)17-10-7-14(2,3)9-15(4,5)8-10/h10-11,20H,6-9H2,1-5H3,(H2,16,18)(H,17,19). The molecule has 1 saturated carbocycles. The number of oxime groups is 1. The summed E-state index contributed by atoms with van der Waals surface area (Å²) in [6.45, 7) is 10.8. The number of nitrogens with two attached hydrogens (primary N) is 1. The van der Waals surface area contributed by atoms with Gasteiger partial charge in [0.25, 0.3) is 0 Å². The highest BCUT2D eigenvalue weighted by molar-refractivity contribution is 6.02. The summed E-state index contributed by atoms with van der Waals surface area (Å²) in [5.74, 6) is -0.700. The maximum atomic E-state index is 12.3. The van der Waals surface area contributed by atoms with Crippen LogP contribution in [0.2, 0.25) is 0 Å². The monoisotopic (exact) mass is 283 g/mol. The summed E-state index contributed by atoms with van der Waals surface area (Å²) >= 11 is 0. The number of hydrogen-bond donors (Lipinski definition) is 3. The Morgan fingerprint density at radius 3 is 2.25 bits per heavy atom. The van der Waals surface area contributed by atoms with E-state index in [0.717, 1.165) is 19.3 Å². The van der Waals surface area contributed by atoms with E-state index in [2.05, 4.69) is 38.2 Å². The van der Waals surface area contributed by atoms with Gasteiger partial charge in [-0.1, -0.05) is 39.8 Å². The lowest BCUT2D eigenvalue weighted by Crippen LogP contribution is -2.49. The molecule has 0 bridgehead atoms. The van der Waals surface area contributed by atoms with Gasteiger partial charge in [-0.3, -0.25) is 4.79 Å². The van der Waals surface area contributed by atoms with Crippen LogP contribution in [0.25, 0.3) is 0 Å². The van der Waals surface area contributed by atoms with Crippen molar-refractivity contribution in [2.45, 2.75) is 66.3 Å². The summed E-state index contributed by atoms with van der Waals surface area (Å²) in [5, 5.41) is 14.8. The smallest absolute Gasteiger partial charge is 0.231 e. The highest BCUT2D eigenvalue weighted by atomic mass is 16.4. The van der Waals surface area contributed by atoms with Crippen molar-refractivity contribution in [3.8, 4) is 0 Å². The fourth-order valence-corrected chi connectivity index (χ4v) is 3.85. The van der Waals surface area contributed by atoms with E-state index in [4.69, 9.17) is 10.9 Å². The molecule has 5 heteroatoms. The molecule has 0 aliphatic heterocycles. The maximum Gasteiger partial charge on any atom is 0.231 e. The van der Waals surface area contributed by atoms with E-state index in [1.54, 1.807) is 0 Å². The Morgan fingerprint density at radius 2 is 1.85 bits per heavy atom. The van der Waals surface area contributed by atoms with E-state index in [-0.39, 0.29) is 28.6 Å². The predicted octanol–water partition coefficient (Wildman–Crippen LogP) is 2.48. The van der Waals surface area contributed by atoms with Crippen LogP contribution in [0.3, 0.4) is 0 Å². The first-order valence-electron chi connectivity index (χ1n) is 7.38. The minimum absolute atomic E-state index is 0.0145. The molecule has 1 aliphatic carbocycles. The van der Waals surface area contributed by atoms with Crippen molar-refractivity contribution in [3.05, 3.63) is 0 Å². The first-order valence-corrected chi connectivity index (χ1v) is 7.38. The molecule has 1 fully saturated rings. The summed E-state index contributed by atoms with van der Waals surface area (Å²) in [7, 11) is 0. The van der Waals surface area contributed by atoms with Crippen molar-refractivity contribution in [2.24, 2.45) is 27.6 Å². The lowest BCUT2D eigenvalue weighted by molar-refractivity contribution is -0.124. The Balaban J connectivity index is 2.74. The Hall–Kier alpha value is -1.26. The van der Waals surface area contributed by atoms with Gasteiger partial charge in [-0.25, -0.2) is 0 Å². The van der Waals surface area contributed by atoms with Gasteiger partial charge in [0, 0.05) is 6.04 Å². The highest BCUT2D eigenvalue weighted by Gasteiger charge is 2.39. The second-order valence-electron chi connectivity index (χ2n) is 7.60. The zero-order valence-corrected chi connectivity index (χ0v) is 13.4. The molecule has 1 aliphatic rings. The first-order chi connectivity index (χ1) is 9.10. The number of hydrogen-bond acceptors (Lipinski definition) is 3. The number of carbonyl (C=O) groups is 1. The summed E-state index contributed by atoms with van der Waals surface area (Å²) < 4.78 is 0. The molecule has 1 rings (SSSR count). The van der Waals surface area contributed by atoms with Gasteiger partial charge in [0.15, 0.2) is 5.84 Å². The molecule has 0 spiro atoms. The number of nitrogens with zero attached hydrogens (tertiary/aromatic N) is 1. The molecule has 1 atom stereocenters. The molecular weight excluding hydrogens is 254 g/mol. The number of amidine groups is 1. The lowest BCUT2D eigenvalue weighted by Gasteiger charge is -2.45. The quantitative estimate of drug-likeness (QED) is 0.320. The third-order valence-electron chi connectivity index (χ3n) is 4.10. The van der Waals surface area contributed by atoms with Crippen LogP contribution in [0.4, 0.5) is 0 Å². The first kappa shape index (κ1) is 16.8. The van der Waals surface area contributed by atoms with Gasteiger partial charge < -0.3 is 16.3 Å². The van der Waals surface area contributed by atoms with Crippen LogP contribution < -0.4 is 11.1 Å². The third kappa shape index (κ3) is 4.39. The van der Waals surface area contributed by atoms with E-state index in [9.17, 15) is 4.79 Å². The van der Waals surface area contributed by atoms with E-state index < -0.39 is 5.92 Å². The zero-order chi connectivity index (χ0) is 15.6. The van der Waals surface area contributed by atoms with Crippen molar-refractivity contribution >= 4 is 11.7 Å². The Labute approximate surface area is 122 Å². The van der Waals surface area contributed by atoms with Crippen molar-refractivity contribution in [1.29, 1.82) is 0 Å². The van der Waals surface area contributed by atoms with Crippen LogP contribution in [-0.2, 0) is 4.79 Å². The fourth-order valence-electron chi connectivity index (χ4n) is 3.85. The number of rotatable bonds is 4. The van der Waals surface area contributed by atoms with Gasteiger partial charge in [0.2, 0.25) is 5.91 Å². The fraction of sp³-hybridized carbons (Fsp3) is 0.867. The number of carbonyl (C=O) groups excluding carboxylic acids is 1. The second kappa shape index (κ2) is 6.02. The van der Waals surface area contributed by atoms with Crippen LogP contribution in [-0.4, -0.2) is 23.0 Å². The van der Waals surface area contributed by atoms with Crippen molar-refractivity contribution < 1.29 is 10.0 Å². The molecule has 1 amide bonds. The second-order valence-corrected chi connectivity index (χ2v) is 7.60. The molecule has 0 aromatic rings. The summed E-state index contributed by atoms with van der Waals surface area (Å²) in [6.07, 6.45) is 3.62. The topological polar surface area (TPSA) is 87.7 Å². The van der Waals surface area contributed by atoms with Crippen LogP contribution in [0, 0.1) is 16.7 Å². The molecule has 0 aromatic carbocycles. The minimum atomic E-state index is -0.548. The van der Waals surface area contributed by atoms with Crippen LogP contribution >= 0.6 is 0 Å². The van der Waals surface area contributed by atoms with Crippen molar-refractivity contribution in [1.82, 2.24) is 5.32 Å². The van der Waals surface area contributed by atoms with Crippen molar-refractivity contribution in [3.63, 3.8) is 0 Å². The van der Waals surface area contributed by atoms with Crippen LogP contribution in [0.15, 0.2) is 5.16 Å². The summed E-state index contributed by atoms with van der Waals surface area (Å²) in [4.78, 5) is 12.3. The Kier molecular flexibility index (Phi) is 5.05. The van der Waals surface area contributed by atoms with Gasteiger partial charge in [-0.05, 0) is 36.5 Å². The van der Waals surface area contributed by atoms with Gasteiger partial charge in [-0.2, -0.15) is 0 Å². The largest absolute Gasteiger partial charge is 0.409 e. The van der Waals surface area contributed by atoms with E-state index in [1.807, 2.05) is 6.92 Å². The van der Waals surface area contributed by atoms with Gasteiger partial charge in [0.1, 0.15) is 0 Å². The normalized spacial score (nSPS) is 24.1.